The van der Waals surface area contributed by atoms with Crippen molar-refractivity contribution in [2.24, 2.45) is 5.16 Å². The van der Waals surface area contributed by atoms with E-state index in [4.69, 9.17) is 10.3 Å². The maximum Gasteiger partial charge on any atom is 0.303 e. The van der Waals surface area contributed by atoms with Crippen molar-refractivity contribution < 1.29 is 15.1 Å². The van der Waals surface area contributed by atoms with E-state index in [1.54, 1.807) is 11.3 Å². The molecule has 0 bridgehead atoms. The first-order valence-corrected chi connectivity index (χ1v) is 6.00. The van der Waals surface area contributed by atoms with Gasteiger partial charge in [-0.3, -0.25) is 4.79 Å². The van der Waals surface area contributed by atoms with Crippen LogP contribution in [0.4, 0.5) is 0 Å². The van der Waals surface area contributed by atoms with Gasteiger partial charge in [-0.2, -0.15) is 0 Å². The molecule has 0 aliphatic rings. The van der Waals surface area contributed by atoms with E-state index in [1.807, 2.05) is 19.1 Å². The number of aliphatic carboxylic acids is 1. The number of carbonyl (C=O) groups is 1. The Morgan fingerprint density at radius 2 is 2.25 bits per heavy atom. The molecule has 0 amide bonds. The zero-order valence-corrected chi connectivity index (χ0v) is 9.96. The Hall–Kier alpha value is -1.36. The highest BCUT2D eigenvalue weighted by molar-refractivity contribution is 7.14. The number of thiophene rings is 1. The van der Waals surface area contributed by atoms with Crippen LogP contribution in [0.1, 0.15) is 35.9 Å². The smallest absolute Gasteiger partial charge is 0.303 e. The van der Waals surface area contributed by atoms with Crippen molar-refractivity contribution in [2.45, 2.75) is 32.6 Å². The third-order valence-corrected chi connectivity index (χ3v) is 3.41. The maximum atomic E-state index is 10.3. The third-order valence-electron chi connectivity index (χ3n) is 2.22. The molecule has 0 radical (unpaired) electrons. The van der Waals surface area contributed by atoms with Gasteiger partial charge < -0.3 is 10.3 Å². The van der Waals surface area contributed by atoms with E-state index < -0.39 is 5.97 Å². The van der Waals surface area contributed by atoms with E-state index in [1.165, 1.54) is 0 Å². The van der Waals surface area contributed by atoms with Crippen molar-refractivity contribution in [1.82, 2.24) is 0 Å². The normalized spacial score (nSPS) is 11.7. The molecule has 1 heterocycles. The summed E-state index contributed by atoms with van der Waals surface area (Å²) in [6.45, 7) is 1.93. The number of carboxylic acids is 1. The Morgan fingerprint density at radius 1 is 1.50 bits per heavy atom. The number of oxime groups is 1. The third kappa shape index (κ3) is 3.66. The summed E-state index contributed by atoms with van der Waals surface area (Å²) in [4.78, 5) is 12.4. The maximum absolute atomic E-state index is 10.3. The fourth-order valence-corrected chi connectivity index (χ4v) is 2.48. The van der Waals surface area contributed by atoms with Crippen LogP contribution in [-0.2, 0) is 11.2 Å². The SMILES string of the molecule is CC/C(=N\O)c1ccc(CCCC(=O)O)s1. The van der Waals surface area contributed by atoms with Gasteiger partial charge in [0, 0.05) is 11.3 Å². The topological polar surface area (TPSA) is 69.9 Å². The minimum atomic E-state index is -0.761. The van der Waals surface area contributed by atoms with Crippen molar-refractivity contribution in [1.29, 1.82) is 0 Å². The van der Waals surface area contributed by atoms with Crippen LogP contribution in [0, 0.1) is 0 Å². The van der Waals surface area contributed by atoms with Gasteiger partial charge in [0.05, 0.1) is 10.6 Å². The Morgan fingerprint density at radius 3 is 2.81 bits per heavy atom. The minimum Gasteiger partial charge on any atom is -0.481 e. The summed E-state index contributed by atoms with van der Waals surface area (Å²) in [6.07, 6.45) is 2.29. The minimum absolute atomic E-state index is 0.196. The molecule has 1 aromatic rings. The molecular weight excluding hydrogens is 226 g/mol. The van der Waals surface area contributed by atoms with Crippen molar-refractivity contribution in [2.75, 3.05) is 0 Å². The van der Waals surface area contributed by atoms with Crippen LogP contribution in [0.2, 0.25) is 0 Å². The average Bonchev–Trinajstić information content (AvgIpc) is 2.68. The summed E-state index contributed by atoms with van der Waals surface area (Å²) < 4.78 is 0. The van der Waals surface area contributed by atoms with E-state index in [0.29, 0.717) is 18.6 Å². The standard InChI is InChI=1S/C11H15NO3S/c1-2-9(12-15)10-7-6-8(16-10)4-3-5-11(13)14/h6-7,15H,2-5H2,1H3,(H,13,14)/b12-9+. The second-order valence-electron chi connectivity index (χ2n) is 3.41. The molecule has 5 heteroatoms. The second kappa shape index (κ2) is 6.27. The molecule has 0 fully saturated rings. The van der Waals surface area contributed by atoms with E-state index in [2.05, 4.69) is 5.16 Å². The predicted octanol–water partition coefficient (Wildman–Crippen LogP) is 2.74. The lowest BCUT2D eigenvalue weighted by Crippen LogP contribution is -1.95. The Kier molecular flexibility index (Phi) is 4.98. The summed E-state index contributed by atoms with van der Waals surface area (Å²) in [5, 5.41) is 20.5. The molecule has 0 saturated heterocycles. The lowest BCUT2D eigenvalue weighted by atomic mass is 10.2. The Balaban J connectivity index is 2.54. The van der Waals surface area contributed by atoms with Gasteiger partial charge in [0.25, 0.3) is 0 Å². The summed E-state index contributed by atoms with van der Waals surface area (Å²) in [5.74, 6) is -0.761. The largest absolute Gasteiger partial charge is 0.481 e. The molecule has 0 saturated carbocycles. The Bertz CT molecular complexity index is 384. The van der Waals surface area contributed by atoms with Crippen LogP contribution >= 0.6 is 11.3 Å². The molecule has 1 rings (SSSR count). The van der Waals surface area contributed by atoms with E-state index in [0.717, 1.165) is 16.2 Å². The predicted molar refractivity (Wildman–Crippen MR) is 63.5 cm³/mol. The first-order chi connectivity index (χ1) is 7.67. The summed E-state index contributed by atoms with van der Waals surface area (Å²) in [7, 11) is 0. The van der Waals surface area contributed by atoms with Gasteiger partial charge >= 0.3 is 5.97 Å². The van der Waals surface area contributed by atoms with Gasteiger partial charge in [-0.25, -0.2) is 0 Å². The zero-order valence-electron chi connectivity index (χ0n) is 9.14. The molecule has 0 atom stereocenters. The molecule has 0 aliphatic carbocycles. The molecule has 0 spiro atoms. The fraction of sp³-hybridized carbons (Fsp3) is 0.455. The second-order valence-corrected chi connectivity index (χ2v) is 4.58. The van der Waals surface area contributed by atoms with Crippen LogP contribution in [-0.4, -0.2) is 22.0 Å². The summed E-state index contributed by atoms with van der Waals surface area (Å²) in [6, 6.07) is 3.88. The molecule has 0 aromatic carbocycles. The highest BCUT2D eigenvalue weighted by atomic mass is 32.1. The fourth-order valence-electron chi connectivity index (χ4n) is 1.38. The first kappa shape index (κ1) is 12.7. The molecule has 0 aliphatic heterocycles. The monoisotopic (exact) mass is 241 g/mol. The molecule has 2 N–H and O–H groups in total. The van der Waals surface area contributed by atoms with E-state index >= 15 is 0 Å². The van der Waals surface area contributed by atoms with Gasteiger partial charge in [-0.05, 0) is 31.4 Å². The van der Waals surface area contributed by atoms with Crippen LogP contribution < -0.4 is 0 Å². The van der Waals surface area contributed by atoms with Gasteiger partial charge in [-0.15, -0.1) is 11.3 Å². The van der Waals surface area contributed by atoms with Crippen molar-refractivity contribution in [3.8, 4) is 0 Å². The Labute approximate surface area is 98.2 Å². The molecule has 16 heavy (non-hydrogen) atoms. The number of aryl methyl sites for hydroxylation is 1. The first-order valence-electron chi connectivity index (χ1n) is 5.19. The van der Waals surface area contributed by atoms with Gasteiger partial charge in [-0.1, -0.05) is 12.1 Å². The van der Waals surface area contributed by atoms with Crippen LogP contribution in [0.25, 0.3) is 0 Å². The highest BCUT2D eigenvalue weighted by Crippen LogP contribution is 2.20. The zero-order chi connectivity index (χ0) is 12.0. The number of rotatable bonds is 6. The molecule has 88 valence electrons. The van der Waals surface area contributed by atoms with Crippen molar-refractivity contribution in [3.63, 3.8) is 0 Å². The molecule has 1 aromatic heterocycles. The van der Waals surface area contributed by atoms with Crippen LogP contribution in [0.15, 0.2) is 17.3 Å². The van der Waals surface area contributed by atoms with Crippen LogP contribution in [0.5, 0.6) is 0 Å². The molecule has 4 nitrogen and oxygen atoms in total. The summed E-state index contributed by atoms with van der Waals surface area (Å²) >= 11 is 1.56. The van der Waals surface area contributed by atoms with Gasteiger partial charge in [0.1, 0.15) is 0 Å². The molecule has 0 unspecified atom stereocenters. The quantitative estimate of drug-likeness (QED) is 0.457. The lowest BCUT2D eigenvalue weighted by molar-refractivity contribution is -0.137. The van der Waals surface area contributed by atoms with E-state index in [-0.39, 0.29) is 6.42 Å². The van der Waals surface area contributed by atoms with Gasteiger partial charge in [0.2, 0.25) is 0 Å². The van der Waals surface area contributed by atoms with Gasteiger partial charge in [0.15, 0.2) is 0 Å². The van der Waals surface area contributed by atoms with Crippen molar-refractivity contribution in [3.05, 3.63) is 21.9 Å². The number of nitrogens with zero attached hydrogens (tertiary/aromatic N) is 1. The number of hydrogen-bond acceptors (Lipinski definition) is 4. The number of carboxylic acid groups (broad SMARTS) is 1. The summed E-state index contributed by atoms with van der Waals surface area (Å²) in [5.41, 5.74) is 0.675. The molecular formula is C11H15NO3S. The highest BCUT2D eigenvalue weighted by Gasteiger charge is 2.06. The van der Waals surface area contributed by atoms with E-state index in [9.17, 15) is 4.79 Å². The van der Waals surface area contributed by atoms with Crippen LogP contribution in [0.3, 0.4) is 0 Å². The average molecular weight is 241 g/mol. The lowest BCUT2D eigenvalue weighted by Gasteiger charge is -1.96. The number of hydrogen-bond donors (Lipinski definition) is 2. The van der Waals surface area contributed by atoms with Crippen molar-refractivity contribution >= 4 is 23.0 Å².